The standard InChI is InChI=1S/C16H19N/c1-3-16(2,17)15-11-9-14(10-12-15)13-7-5-4-6-8-13/h4-12H,3,17H2,1-2H3. The molecule has 0 amide bonds. The molecule has 17 heavy (non-hydrogen) atoms. The number of hydrogen-bond acceptors (Lipinski definition) is 1. The normalized spacial score (nSPS) is 14.3. The third-order valence-electron chi connectivity index (χ3n) is 3.39. The summed E-state index contributed by atoms with van der Waals surface area (Å²) in [4.78, 5) is 0. The fourth-order valence-corrected chi connectivity index (χ4v) is 1.88. The summed E-state index contributed by atoms with van der Waals surface area (Å²) in [5, 5.41) is 0. The molecule has 2 aromatic rings. The highest BCUT2D eigenvalue weighted by molar-refractivity contribution is 5.63. The van der Waals surface area contributed by atoms with Crippen molar-refractivity contribution in [1.82, 2.24) is 0 Å². The topological polar surface area (TPSA) is 26.0 Å². The lowest BCUT2D eigenvalue weighted by Crippen LogP contribution is -2.31. The summed E-state index contributed by atoms with van der Waals surface area (Å²) in [6.07, 6.45) is 0.942. The summed E-state index contributed by atoms with van der Waals surface area (Å²) in [5.74, 6) is 0. The largest absolute Gasteiger partial charge is 0.322 e. The fraction of sp³-hybridized carbons (Fsp3) is 0.250. The van der Waals surface area contributed by atoms with E-state index in [0.29, 0.717) is 0 Å². The van der Waals surface area contributed by atoms with Crippen molar-refractivity contribution >= 4 is 0 Å². The fourth-order valence-electron chi connectivity index (χ4n) is 1.88. The van der Waals surface area contributed by atoms with Crippen LogP contribution in [0, 0.1) is 0 Å². The molecular formula is C16H19N. The molecule has 0 fully saturated rings. The summed E-state index contributed by atoms with van der Waals surface area (Å²) in [7, 11) is 0. The van der Waals surface area contributed by atoms with Crippen LogP contribution in [0.15, 0.2) is 54.6 Å². The predicted molar refractivity (Wildman–Crippen MR) is 73.7 cm³/mol. The lowest BCUT2D eigenvalue weighted by molar-refractivity contribution is 0.476. The molecule has 0 saturated carbocycles. The van der Waals surface area contributed by atoms with Gasteiger partial charge in [0, 0.05) is 5.54 Å². The van der Waals surface area contributed by atoms with Gasteiger partial charge in [0.25, 0.3) is 0 Å². The Kier molecular flexibility index (Phi) is 3.30. The van der Waals surface area contributed by atoms with Crippen molar-refractivity contribution in [2.24, 2.45) is 5.73 Å². The molecule has 0 spiro atoms. The van der Waals surface area contributed by atoms with Crippen LogP contribution < -0.4 is 5.73 Å². The first-order valence-electron chi connectivity index (χ1n) is 6.08. The van der Waals surface area contributed by atoms with Gasteiger partial charge >= 0.3 is 0 Å². The quantitative estimate of drug-likeness (QED) is 0.841. The summed E-state index contributed by atoms with van der Waals surface area (Å²) < 4.78 is 0. The van der Waals surface area contributed by atoms with Crippen LogP contribution >= 0.6 is 0 Å². The summed E-state index contributed by atoms with van der Waals surface area (Å²) in [5.41, 5.74) is 9.68. The van der Waals surface area contributed by atoms with Gasteiger partial charge in [0.05, 0.1) is 0 Å². The predicted octanol–water partition coefficient (Wildman–Crippen LogP) is 3.94. The molecule has 1 nitrogen and oxygen atoms in total. The Labute approximate surface area is 103 Å². The molecule has 0 aromatic heterocycles. The second-order valence-corrected chi connectivity index (χ2v) is 4.71. The SMILES string of the molecule is CCC(C)(N)c1ccc(-c2ccccc2)cc1. The Balaban J connectivity index is 2.31. The van der Waals surface area contributed by atoms with Crippen LogP contribution in [-0.4, -0.2) is 0 Å². The van der Waals surface area contributed by atoms with Crippen molar-refractivity contribution < 1.29 is 0 Å². The van der Waals surface area contributed by atoms with Crippen molar-refractivity contribution in [3.63, 3.8) is 0 Å². The van der Waals surface area contributed by atoms with E-state index < -0.39 is 0 Å². The summed E-state index contributed by atoms with van der Waals surface area (Å²) in [6.45, 7) is 4.19. The molecule has 1 heteroatoms. The molecule has 0 aliphatic heterocycles. The lowest BCUT2D eigenvalue weighted by atomic mass is 9.89. The Morgan fingerprint density at radius 1 is 0.882 bits per heavy atom. The minimum absolute atomic E-state index is 0.227. The zero-order chi connectivity index (χ0) is 12.3. The molecule has 0 radical (unpaired) electrons. The van der Waals surface area contributed by atoms with Crippen molar-refractivity contribution in [3.8, 4) is 11.1 Å². The molecule has 2 rings (SSSR count). The van der Waals surface area contributed by atoms with Crippen LogP contribution in [-0.2, 0) is 5.54 Å². The average molecular weight is 225 g/mol. The van der Waals surface area contributed by atoms with E-state index in [1.807, 2.05) is 6.07 Å². The highest BCUT2D eigenvalue weighted by Gasteiger charge is 2.17. The van der Waals surface area contributed by atoms with E-state index in [2.05, 4.69) is 62.4 Å². The smallest absolute Gasteiger partial charge is 0.0378 e. The maximum absolute atomic E-state index is 6.23. The van der Waals surface area contributed by atoms with E-state index in [0.717, 1.165) is 6.42 Å². The third kappa shape index (κ3) is 2.56. The van der Waals surface area contributed by atoms with Gasteiger partial charge in [-0.15, -0.1) is 0 Å². The molecule has 0 heterocycles. The highest BCUT2D eigenvalue weighted by atomic mass is 14.7. The van der Waals surface area contributed by atoms with Gasteiger partial charge in [-0.25, -0.2) is 0 Å². The molecule has 0 saturated heterocycles. The molecule has 0 aliphatic carbocycles. The van der Waals surface area contributed by atoms with Crippen molar-refractivity contribution in [2.75, 3.05) is 0 Å². The Bertz CT molecular complexity index is 469. The molecular weight excluding hydrogens is 206 g/mol. The third-order valence-corrected chi connectivity index (χ3v) is 3.39. The van der Waals surface area contributed by atoms with E-state index in [1.165, 1.54) is 16.7 Å². The van der Waals surface area contributed by atoms with Crippen LogP contribution in [0.2, 0.25) is 0 Å². The van der Waals surface area contributed by atoms with Gasteiger partial charge in [-0.1, -0.05) is 61.5 Å². The first kappa shape index (κ1) is 11.9. The van der Waals surface area contributed by atoms with Gasteiger partial charge in [0.15, 0.2) is 0 Å². The molecule has 2 aromatic carbocycles. The summed E-state index contributed by atoms with van der Waals surface area (Å²) in [6, 6.07) is 18.9. The number of hydrogen-bond donors (Lipinski definition) is 1. The second-order valence-electron chi connectivity index (χ2n) is 4.71. The zero-order valence-corrected chi connectivity index (χ0v) is 10.5. The van der Waals surface area contributed by atoms with Gasteiger partial charge in [0.1, 0.15) is 0 Å². The van der Waals surface area contributed by atoms with Gasteiger partial charge < -0.3 is 5.73 Å². The minimum Gasteiger partial charge on any atom is -0.322 e. The van der Waals surface area contributed by atoms with Crippen LogP contribution in [0.5, 0.6) is 0 Å². The van der Waals surface area contributed by atoms with Crippen LogP contribution in [0.1, 0.15) is 25.8 Å². The van der Waals surface area contributed by atoms with Crippen LogP contribution in [0.25, 0.3) is 11.1 Å². The Hall–Kier alpha value is -1.60. The van der Waals surface area contributed by atoms with Gasteiger partial charge in [-0.2, -0.15) is 0 Å². The van der Waals surface area contributed by atoms with Gasteiger partial charge in [0.2, 0.25) is 0 Å². The molecule has 0 aliphatic rings. The number of nitrogens with two attached hydrogens (primary N) is 1. The minimum atomic E-state index is -0.227. The van der Waals surface area contributed by atoms with E-state index in [-0.39, 0.29) is 5.54 Å². The average Bonchev–Trinajstić information content (AvgIpc) is 2.40. The maximum Gasteiger partial charge on any atom is 0.0378 e. The maximum atomic E-state index is 6.23. The van der Waals surface area contributed by atoms with Gasteiger partial charge in [-0.3, -0.25) is 0 Å². The summed E-state index contributed by atoms with van der Waals surface area (Å²) >= 11 is 0. The monoisotopic (exact) mass is 225 g/mol. The molecule has 1 unspecified atom stereocenters. The van der Waals surface area contributed by atoms with E-state index >= 15 is 0 Å². The Morgan fingerprint density at radius 3 is 1.94 bits per heavy atom. The van der Waals surface area contributed by atoms with Crippen LogP contribution in [0.3, 0.4) is 0 Å². The highest BCUT2D eigenvalue weighted by Crippen LogP contribution is 2.25. The second kappa shape index (κ2) is 4.72. The van der Waals surface area contributed by atoms with Crippen LogP contribution in [0.4, 0.5) is 0 Å². The van der Waals surface area contributed by atoms with E-state index in [9.17, 15) is 0 Å². The molecule has 88 valence electrons. The lowest BCUT2D eigenvalue weighted by Gasteiger charge is -2.23. The molecule has 0 bridgehead atoms. The van der Waals surface area contributed by atoms with Crippen molar-refractivity contribution in [3.05, 3.63) is 60.2 Å². The molecule has 2 N–H and O–H groups in total. The van der Waals surface area contributed by atoms with Gasteiger partial charge in [-0.05, 0) is 30.0 Å². The first-order chi connectivity index (χ1) is 8.13. The molecule has 1 atom stereocenters. The first-order valence-corrected chi connectivity index (χ1v) is 6.08. The number of benzene rings is 2. The Morgan fingerprint density at radius 2 is 1.41 bits per heavy atom. The van der Waals surface area contributed by atoms with Crippen molar-refractivity contribution in [2.45, 2.75) is 25.8 Å². The van der Waals surface area contributed by atoms with E-state index in [4.69, 9.17) is 5.73 Å². The zero-order valence-electron chi connectivity index (χ0n) is 10.5. The number of rotatable bonds is 3. The van der Waals surface area contributed by atoms with Crippen molar-refractivity contribution in [1.29, 1.82) is 0 Å². The van der Waals surface area contributed by atoms with E-state index in [1.54, 1.807) is 0 Å².